The molecule has 1 aliphatic rings. The zero-order valence-corrected chi connectivity index (χ0v) is 9.64. The monoisotopic (exact) mass is 242 g/mol. The van der Waals surface area contributed by atoms with Gasteiger partial charge in [-0.05, 0) is 29.6 Å². The second-order valence-corrected chi connectivity index (χ2v) is 4.64. The summed E-state index contributed by atoms with van der Waals surface area (Å²) in [5.41, 5.74) is 1.10. The van der Waals surface area contributed by atoms with Gasteiger partial charge in [0.05, 0.1) is 0 Å². The van der Waals surface area contributed by atoms with Gasteiger partial charge in [-0.2, -0.15) is 0 Å². The number of nitrogens with zero attached hydrogens (tertiary/aromatic N) is 1. The molecule has 0 aromatic heterocycles. The number of hydrogen-bond donors (Lipinski definition) is 1. The van der Waals surface area contributed by atoms with E-state index in [-0.39, 0.29) is 6.03 Å². The Bertz CT molecular complexity index is 355. The number of benzene rings is 1. The second kappa shape index (κ2) is 4.77. The fraction of sp³-hybridized carbons (Fsp3) is 0.300. The highest BCUT2D eigenvalue weighted by Gasteiger charge is 2.17. The Labute approximate surface area is 97.9 Å². The SMILES string of the molecule is O=C1NSCCN1Cc1ccc(Cl)cc1. The lowest BCUT2D eigenvalue weighted by molar-refractivity contribution is 0.203. The van der Waals surface area contributed by atoms with Gasteiger partial charge in [0.2, 0.25) is 0 Å². The Morgan fingerprint density at radius 1 is 1.40 bits per heavy atom. The van der Waals surface area contributed by atoms with E-state index >= 15 is 0 Å². The summed E-state index contributed by atoms with van der Waals surface area (Å²) in [7, 11) is 0. The number of urea groups is 1. The Morgan fingerprint density at radius 3 is 2.80 bits per heavy atom. The van der Waals surface area contributed by atoms with E-state index in [4.69, 9.17) is 11.6 Å². The van der Waals surface area contributed by atoms with E-state index in [2.05, 4.69) is 4.72 Å². The summed E-state index contributed by atoms with van der Waals surface area (Å²) in [6.07, 6.45) is 0. The lowest BCUT2D eigenvalue weighted by atomic mass is 10.2. The van der Waals surface area contributed by atoms with Crippen LogP contribution in [0.4, 0.5) is 4.79 Å². The van der Waals surface area contributed by atoms with Gasteiger partial charge in [0.1, 0.15) is 0 Å². The molecule has 0 atom stereocenters. The van der Waals surface area contributed by atoms with Crippen LogP contribution in [0.1, 0.15) is 5.56 Å². The molecule has 1 aromatic carbocycles. The van der Waals surface area contributed by atoms with Gasteiger partial charge in [-0.25, -0.2) is 4.79 Å². The van der Waals surface area contributed by atoms with Crippen LogP contribution in [0.5, 0.6) is 0 Å². The lowest BCUT2D eigenvalue weighted by Crippen LogP contribution is -2.42. The van der Waals surface area contributed by atoms with E-state index in [9.17, 15) is 4.79 Å². The average Bonchev–Trinajstić information content (AvgIpc) is 2.25. The van der Waals surface area contributed by atoms with Gasteiger partial charge in [0, 0.05) is 23.9 Å². The van der Waals surface area contributed by atoms with Crippen LogP contribution in [0.3, 0.4) is 0 Å². The zero-order valence-electron chi connectivity index (χ0n) is 8.07. The third-order valence-electron chi connectivity index (χ3n) is 2.20. The molecule has 1 saturated heterocycles. The molecule has 2 rings (SSSR count). The first kappa shape index (κ1) is 10.6. The molecular formula is C10H11ClN2OS. The van der Waals surface area contributed by atoms with Gasteiger partial charge in [-0.15, -0.1) is 0 Å². The largest absolute Gasteiger partial charge is 0.327 e. The van der Waals surface area contributed by atoms with Crippen LogP contribution >= 0.6 is 23.5 Å². The van der Waals surface area contributed by atoms with Crippen LogP contribution in [0.2, 0.25) is 5.02 Å². The van der Waals surface area contributed by atoms with E-state index in [1.807, 2.05) is 24.3 Å². The molecule has 1 heterocycles. The molecule has 0 saturated carbocycles. The number of hydrogen-bond acceptors (Lipinski definition) is 2. The minimum absolute atomic E-state index is 0.0128. The van der Waals surface area contributed by atoms with Crippen molar-refractivity contribution in [1.82, 2.24) is 9.62 Å². The van der Waals surface area contributed by atoms with Gasteiger partial charge < -0.3 is 4.90 Å². The highest BCUT2D eigenvalue weighted by molar-refractivity contribution is 7.98. The van der Waals surface area contributed by atoms with Crippen molar-refractivity contribution in [3.63, 3.8) is 0 Å². The smallest absolute Gasteiger partial charge is 0.319 e. The molecular weight excluding hydrogens is 232 g/mol. The molecule has 1 N–H and O–H groups in total. The number of carbonyl (C=O) groups is 1. The molecule has 0 radical (unpaired) electrons. The van der Waals surface area contributed by atoms with Crippen molar-refractivity contribution in [2.75, 3.05) is 12.3 Å². The first-order valence-electron chi connectivity index (χ1n) is 4.67. The van der Waals surface area contributed by atoms with Crippen LogP contribution in [0.25, 0.3) is 0 Å². The van der Waals surface area contributed by atoms with Gasteiger partial charge >= 0.3 is 6.03 Å². The van der Waals surface area contributed by atoms with Gasteiger partial charge in [-0.1, -0.05) is 23.7 Å². The predicted molar refractivity (Wildman–Crippen MR) is 62.9 cm³/mol. The van der Waals surface area contributed by atoms with Gasteiger partial charge in [0.25, 0.3) is 0 Å². The summed E-state index contributed by atoms with van der Waals surface area (Å²) in [5, 5.41) is 0.720. The topological polar surface area (TPSA) is 32.3 Å². The third-order valence-corrected chi connectivity index (χ3v) is 3.15. The molecule has 15 heavy (non-hydrogen) atoms. The number of amides is 2. The first-order valence-corrected chi connectivity index (χ1v) is 6.03. The summed E-state index contributed by atoms with van der Waals surface area (Å²) >= 11 is 7.24. The molecule has 0 bridgehead atoms. The second-order valence-electron chi connectivity index (χ2n) is 3.30. The van der Waals surface area contributed by atoms with Crippen LogP contribution in [0.15, 0.2) is 24.3 Å². The van der Waals surface area contributed by atoms with Gasteiger partial charge in [-0.3, -0.25) is 4.72 Å². The Hall–Kier alpha value is -0.870. The van der Waals surface area contributed by atoms with Crippen LogP contribution in [-0.2, 0) is 6.54 Å². The number of carbonyl (C=O) groups excluding carboxylic acids is 1. The van der Waals surface area contributed by atoms with E-state index in [0.717, 1.165) is 22.9 Å². The molecule has 1 aliphatic heterocycles. The molecule has 5 heteroatoms. The van der Waals surface area contributed by atoms with Crippen LogP contribution in [0, 0.1) is 0 Å². The van der Waals surface area contributed by atoms with E-state index in [0.29, 0.717) is 6.54 Å². The average molecular weight is 243 g/mol. The summed E-state index contributed by atoms with van der Waals surface area (Å²) in [6, 6.07) is 7.55. The maximum absolute atomic E-state index is 11.4. The molecule has 0 aliphatic carbocycles. The Morgan fingerprint density at radius 2 is 2.13 bits per heavy atom. The summed E-state index contributed by atoms with van der Waals surface area (Å²) in [4.78, 5) is 13.2. The summed E-state index contributed by atoms with van der Waals surface area (Å²) in [6.45, 7) is 1.43. The fourth-order valence-corrected chi connectivity index (χ4v) is 2.19. The van der Waals surface area contributed by atoms with E-state index < -0.39 is 0 Å². The van der Waals surface area contributed by atoms with Crippen molar-refractivity contribution in [3.05, 3.63) is 34.9 Å². The minimum atomic E-state index is -0.0128. The number of rotatable bonds is 2. The maximum Gasteiger partial charge on any atom is 0.327 e. The molecule has 0 spiro atoms. The van der Waals surface area contributed by atoms with Crippen LogP contribution < -0.4 is 4.72 Å². The van der Waals surface area contributed by atoms with Crippen molar-refractivity contribution in [1.29, 1.82) is 0 Å². The van der Waals surface area contributed by atoms with Crippen molar-refractivity contribution in [3.8, 4) is 0 Å². The van der Waals surface area contributed by atoms with Crippen molar-refractivity contribution >= 4 is 29.6 Å². The van der Waals surface area contributed by atoms with Crippen LogP contribution in [-0.4, -0.2) is 23.2 Å². The molecule has 0 unspecified atom stereocenters. The molecule has 80 valence electrons. The highest BCUT2D eigenvalue weighted by Crippen LogP contribution is 2.14. The summed E-state index contributed by atoms with van der Waals surface area (Å²) in [5.74, 6) is 0.930. The molecule has 1 fully saturated rings. The fourth-order valence-electron chi connectivity index (χ4n) is 1.40. The van der Waals surface area contributed by atoms with Crippen molar-refractivity contribution < 1.29 is 4.79 Å². The minimum Gasteiger partial charge on any atom is -0.319 e. The highest BCUT2D eigenvalue weighted by atomic mass is 35.5. The molecule has 1 aromatic rings. The van der Waals surface area contributed by atoms with E-state index in [1.54, 1.807) is 4.90 Å². The van der Waals surface area contributed by atoms with Gasteiger partial charge in [0.15, 0.2) is 0 Å². The predicted octanol–water partition coefficient (Wildman–Crippen LogP) is 2.51. The first-order chi connectivity index (χ1) is 7.25. The zero-order chi connectivity index (χ0) is 10.7. The number of halogens is 1. The molecule has 2 amide bonds. The lowest BCUT2D eigenvalue weighted by Gasteiger charge is -2.26. The normalized spacial score (nSPS) is 16.3. The van der Waals surface area contributed by atoms with E-state index in [1.165, 1.54) is 11.9 Å². The van der Waals surface area contributed by atoms with Crippen molar-refractivity contribution in [2.24, 2.45) is 0 Å². The third kappa shape index (κ3) is 2.79. The quantitative estimate of drug-likeness (QED) is 0.809. The summed E-state index contributed by atoms with van der Waals surface area (Å²) < 4.78 is 2.74. The number of nitrogens with one attached hydrogen (secondary N) is 1. The Balaban J connectivity index is 2.01. The molecule has 3 nitrogen and oxygen atoms in total. The Kier molecular flexibility index (Phi) is 3.38. The maximum atomic E-state index is 11.4. The van der Waals surface area contributed by atoms with Crippen molar-refractivity contribution in [2.45, 2.75) is 6.54 Å². The standard InChI is InChI=1S/C10H11ClN2OS/c11-9-3-1-8(2-4-9)7-13-5-6-15-12-10(13)14/h1-4H,5-7H2,(H,12,14).